The van der Waals surface area contributed by atoms with E-state index in [9.17, 15) is 4.79 Å². The summed E-state index contributed by atoms with van der Waals surface area (Å²) in [5.74, 6) is -0.394. The van der Waals surface area contributed by atoms with Crippen molar-refractivity contribution in [2.75, 3.05) is 13.1 Å². The van der Waals surface area contributed by atoms with Gasteiger partial charge in [0.15, 0.2) is 0 Å². The van der Waals surface area contributed by atoms with Crippen molar-refractivity contribution in [2.45, 2.75) is 0 Å². The number of nitriles is 2. The van der Waals surface area contributed by atoms with Crippen molar-refractivity contribution in [1.29, 1.82) is 10.5 Å². The summed E-state index contributed by atoms with van der Waals surface area (Å²) >= 11 is 0. The maximum absolute atomic E-state index is 12.3. The third kappa shape index (κ3) is 4.32. The molecule has 6 nitrogen and oxygen atoms in total. The molecular formula is C22H17N5O. The molecule has 3 aromatic rings. The monoisotopic (exact) mass is 367 g/mol. The second-order valence-corrected chi connectivity index (χ2v) is 5.92. The maximum atomic E-state index is 12.3. The molecule has 0 unspecified atom stereocenters. The summed E-state index contributed by atoms with van der Waals surface area (Å²) in [5.41, 5.74) is 3.33. The predicted octanol–water partition coefficient (Wildman–Crippen LogP) is 3.43. The Hall–Kier alpha value is -4.16. The highest BCUT2D eigenvalue weighted by molar-refractivity contribution is 5.93. The molecule has 0 saturated carbocycles. The number of hydrogen-bond acceptors (Lipinski definition) is 4. The third-order valence-corrected chi connectivity index (χ3v) is 4.05. The van der Waals surface area contributed by atoms with E-state index in [1.807, 2.05) is 79.0 Å². The van der Waals surface area contributed by atoms with Crippen LogP contribution >= 0.6 is 0 Å². The predicted molar refractivity (Wildman–Crippen MR) is 106 cm³/mol. The molecule has 136 valence electrons. The lowest BCUT2D eigenvalue weighted by Gasteiger charge is -2.12. The highest BCUT2D eigenvalue weighted by Crippen LogP contribution is 2.24. The first-order valence-electron chi connectivity index (χ1n) is 8.64. The van der Waals surface area contributed by atoms with Crippen LogP contribution in [-0.4, -0.2) is 33.7 Å². The number of carbonyl (C=O) groups is 1. The van der Waals surface area contributed by atoms with Gasteiger partial charge in [-0.3, -0.25) is 4.79 Å². The first kappa shape index (κ1) is 18.6. The van der Waals surface area contributed by atoms with Crippen LogP contribution in [0.4, 0.5) is 0 Å². The van der Waals surface area contributed by atoms with Gasteiger partial charge in [-0.25, -0.2) is 4.68 Å². The van der Waals surface area contributed by atoms with Gasteiger partial charge < -0.3 is 4.90 Å². The Morgan fingerprint density at radius 2 is 1.61 bits per heavy atom. The highest BCUT2D eigenvalue weighted by atomic mass is 16.2. The van der Waals surface area contributed by atoms with Gasteiger partial charge in [0, 0.05) is 23.4 Å². The third-order valence-electron chi connectivity index (χ3n) is 4.05. The highest BCUT2D eigenvalue weighted by Gasteiger charge is 2.13. The van der Waals surface area contributed by atoms with Gasteiger partial charge in [0.1, 0.15) is 13.1 Å². The Morgan fingerprint density at radius 1 is 1.00 bits per heavy atom. The number of hydrogen-bond donors (Lipinski definition) is 0. The van der Waals surface area contributed by atoms with E-state index in [4.69, 9.17) is 10.5 Å². The molecule has 0 N–H and O–H groups in total. The van der Waals surface area contributed by atoms with Crippen LogP contribution in [0.1, 0.15) is 5.56 Å². The number of nitrogens with zero attached hydrogens (tertiary/aromatic N) is 5. The zero-order chi connectivity index (χ0) is 19.8. The fraction of sp³-hybridized carbons (Fsp3) is 0.0909. The van der Waals surface area contributed by atoms with Crippen LogP contribution in [0.3, 0.4) is 0 Å². The van der Waals surface area contributed by atoms with Gasteiger partial charge in [0.2, 0.25) is 5.91 Å². The van der Waals surface area contributed by atoms with Gasteiger partial charge in [-0.05, 0) is 18.2 Å². The van der Waals surface area contributed by atoms with Crippen molar-refractivity contribution in [2.24, 2.45) is 0 Å². The minimum absolute atomic E-state index is 0.133. The molecule has 0 aliphatic rings. The average molecular weight is 367 g/mol. The topological polar surface area (TPSA) is 85.7 Å². The first-order chi connectivity index (χ1) is 13.7. The van der Waals surface area contributed by atoms with Crippen molar-refractivity contribution in [3.05, 3.63) is 78.5 Å². The summed E-state index contributed by atoms with van der Waals surface area (Å²) in [4.78, 5) is 13.5. The van der Waals surface area contributed by atoms with Crippen LogP contribution in [0.5, 0.6) is 0 Å². The normalized spacial score (nSPS) is 10.4. The van der Waals surface area contributed by atoms with Gasteiger partial charge in [-0.1, -0.05) is 48.5 Å². The molecule has 1 amide bonds. The first-order valence-corrected chi connectivity index (χ1v) is 8.64. The number of para-hydroxylation sites is 1. The lowest BCUT2D eigenvalue weighted by atomic mass is 10.1. The molecule has 0 bridgehead atoms. The van der Waals surface area contributed by atoms with Crippen LogP contribution < -0.4 is 0 Å². The fourth-order valence-corrected chi connectivity index (χ4v) is 2.69. The number of amides is 1. The van der Waals surface area contributed by atoms with Crippen molar-refractivity contribution in [3.8, 4) is 29.1 Å². The summed E-state index contributed by atoms with van der Waals surface area (Å²) in [6, 6.07) is 23.2. The molecule has 1 aromatic heterocycles. The van der Waals surface area contributed by atoms with Gasteiger partial charge in [-0.15, -0.1) is 0 Å². The molecule has 0 saturated heterocycles. The van der Waals surface area contributed by atoms with Gasteiger partial charge in [0.05, 0.1) is 23.5 Å². The van der Waals surface area contributed by atoms with Crippen molar-refractivity contribution in [3.63, 3.8) is 0 Å². The Morgan fingerprint density at radius 3 is 2.21 bits per heavy atom. The second kappa shape index (κ2) is 8.98. The Labute approximate surface area is 163 Å². The van der Waals surface area contributed by atoms with Crippen molar-refractivity contribution >= 4 is 12.0 Å². The molecule has 1 heterocycles. The van der Waals surface area contributed by atoms with Crippen molar-refractivity contribution < 1.29 is 4.79 Å². The number of rotatable bonds is 6. The molecule has 6 heteroatoms. The minimum atomic E-state index is -0.394. The van der Waals surface area contributed by atoms with Crippen LogP contribution in [0.2, 0.25) is 0 Å². The molecule has 0 aliphatic carbocycles. The zero-order valence-corrected chi connectivity index (χ0v) is 15.1. The Kier molecular flexibility index (Phi) is 5.97. The van der Waals surface area contributed by atoms with E-state index < -0.39 is 5.91 Å². The second-order valence-electron chi connectivity index (χ2n) is 5.92. The van der Waals surface area contributed by atoms with E-state index in [0.717, 1.165) is 22.5 Å². The Bertz CT molecular complexity index is 1040. The van der Waals surface area contributed by atoms with Crippen LogP contribution in [0.15, 0.2) is 72.9 Å². The van der Waals surface area contributed by atoms with E-state index >= 15 is 0 Å². The molecule has 3 rings (SSSR count). The lowest BCUT2D eigenvalue weighted by Crippen LogP contribution is -2.30. The molecule has 0 fully saturated rings. The minimum Gasteiger partial charge on any atom is -0.313 e. The number of carbonyl (C=O) groups excluding carboxylic acids is 1. The van der Waals surface area contributed by atoms with Gasteiger partial charge >= 0.3 is 0 Å². The molecule has 0 spiro atoms. The van der Waals surface area contributed by atoms with Crippen molar-refractivity contribution in [1.82, 2.24) is 14.7 Å². The fourth-order valence-electron chi connectivity index (χ4n) is 2.69. The number of aromatic nitrogens is 2. The average Bonchev–Trinajstić information content (AvgIpc) is 3.17. The van der Waals surface area contributed by atoms with Gasteiger partial charge in [0.25, 0.3) is 0 Å². The van der Waals surface area contributed by atoms with E-state index in [0.29, 0.717) is 0 Å². The molecule has 0 aliphatic heterocycles. The van der Waals surface area contributed by atoms with E-state index in [1.54, 1.807) is 10.8 Å². The molecule has 28 heavy (non-hydrogen) atoms. The lowest BCUT2D eigenvalue weighted by molar-refractivity contribution is -0.124. The number of benzene rings is 2. The van der Waals surface area contributed by atoms with Crippen LogP contribution in [-0.2, 0) is 4.79 Å². The quantitative estimate of drug-likeness (QED) is 0.493. The molecular weight excluding hydrogens is 350 g/mol. The largest absolute Gasteiger partial charge is 0.313 e. The summed E-state index contributed by atoms with van der Waals surface area (Å²) in [7, 11) is 0. The standard InChI is InChI=1S/C22H17N5O/c23-13-15-26(16-14-24)21(28)12-11-19-17-27(20-9-5-2-6-10-20)25-22(19)18-7-3-1-4-8-18/h1-12,17H,15-16H2/b12-11+. The van der Waals surface area contributed by atoms with E-state index in [-0.39, 0.29) is 13.1 Å². The smallest absolute Gasteiger partial charge is 0.248 e. The summed E-state index contributed by atoms with van der Waals surface area (Å²) in [6.45, 7) is -0.267. The van der Waals surface area contributed by atoms with E-state index in [1.165, 1.54) is 11.0 Å². The summed E-state index contributed by atoms with van der Waals surface area (Å²) < 4.78 is 1.76. The molecule has 2 aromatic carbocycles. The summed E-state index contributed by atoms with van der Waals surface area (Å²) in [5, 5.41) is 22.3. The molecule has 0 radical (unpaired) electrons. The van der Waals surface area contributed by atoms with E-state index in [2.05, 4.69) is 5.10 Å². The maximum Gasteiger partial charge on any atom is 0.248 e. The SMILES string of the molecule is N#CCN(CC#N)C(=O)/C=C/c1cn(-c2ccccc2)nc1-c1ccccc1. The Balaban J connectivity index is 1.97. The summed E-state index contributed by atoms with van der Waals surface area (Å²) in [6.07, 6.45) is 4.88. The van der Waals surface area contributed by atoms with Gasteiger partial charge in [-0.2, -0.15) is 15.6 Å². The zero-order valence-electron chi connectivity index (χ0n) is 15.1. The molecule has 0 atom stereocenters. The van der Waals surface area contributed by atoms with Crippen LogP contribution in [0, 0.1) is 22.7 Å². The van der Waals surface area contributed by atoms with Crippen LogP contribution in [0.25, 0.3) is 23.0 Å².